The molecule has 94 valence electrons. The van der Waals surface area contributed by atoms with Crippen molar-refractivity contribution in [3.8, 4) is 0 Å². The number of nitrogens with two attached hydrogens (primary N) is 1. The summed E-state index contributed by atoms with van der Waals surface area (Å²) in [4.78, 5) is 8.96. The Kier molecular flexibility index (Phi) is 3.62. The highest BCUT2D eigenvalue weighted by molar-refractivity contribution is 5.36. The lowest BCUT2D eigenvalue weighted by molar-refractivity contribution is 0.280. The van der Waals surface area contributed by atoms with E-state index >= 15 is 0 Å². The summed E-state index contributed by atoms with van der Waals surface area (Å²) in [6, 6.07) is 2.42. The van der Waals surface area contributed by atoms with Gasteiger partial charge in [-0.3, -0.25) is 0 Å². The van der Waals surface area contributed by atoms with Crippen molar-refractivity contribution in [3.05, 3.63) is 17.6 Å². The van der Waals surface area contributed by atoms with Crippen molar-refractivity contribution in [3.63, 3.8) is 0 Å². The van der Waals surface area contributed by atoms with Crippen LogP contribution in [0.4, 0.5) is 5.82 Å². The van der Waals surface area contributed by atoms with Crippen LogP contribution < -0.4 is 11.1 Å². The molecule has 0 saturated heterocycles. The minimum atomic E-state index is 0.368. The standard InChI is InChI=1S/C13H22N4/c1-8(2)13-16-9(3)4-12(17-13)15-7-10-5-11(14)6-10/h4,8,10-11H,5-7,14H2,1-3H3,(H,15,16,17). The van der Waals surface area contributed by atoms with Crippen LogP contribution in [0.5, 0.6) is 0 Å². The number of hydrogen-bond acceptors (Lipinski definition) is 4. The van der Waals surface area contributed by atoms with E-state index in [-0.39, 0.29) is 0 Å². The van der Waals surface area contributed by atoms with Crippen LogP contribution in [0, 0.1) is 12.8 Å². The van der Waals surface area contributed by atoms with Crippen molar-refractivity contribution >= 4 is 5.82 Å². The zero-order valence-electron chi connectivity index (χ0n) is 10.9. The molecule has 4 heteroatoms. The van der Waals surface area contributed by atoms with Gasteiger partial charge in [0.15, 0.2) is 0 Å². The molecule has 1 aliphatic carbocycles. The Labute approximate surface area is 103 Å². The molecule has 3 N–H and O–H groups in total. The topological polar surface area (TPSA) is 63.8 Å². The molecule has 4 nitrogen and oxygen atoms in total. The number of rotatable bonds is 4. The van der Waals surface area contributed by atoms with Crippen molar-refractivity contribution in [2.75, 3.05) is 11.9 Å². The first-order chi connectivity index (χ1) is 8.04. The maximum atomic E-state index is 5.77. The van der Waals surface area contributed by atoms with Gasteiger partial charge in [0.05, 0.1) is 0 Å². The molecule has 0 aromatic carbocycles. The molecule has 1 aromatic heterocycles. The molecule has 1 aromatic rings. The molecule has 0 unspecified atom stereocenters. The molecule has 0 bridgehead atoms. The Hall–Kier alpha value is -1.16. The molecule has 1 aliphatic rings. The highest BCUT2D eigenvalue weighted by Crippen LogP contribution is 2.25. The fraction of sp³-hybridized carbons (Fsp3) is 0.692. The molecule has 0 amide bonds. The molecule has 1 saturated carbocycles. The summed E-state index contributed by atoms with van der Waals surface area (Å²) in [6.07, 6.45) is 2.27. The summed E-state index contributed by atoms with van der Waals surface area (Å²) < 4.78 is 0. The smallest absolute Gasteiger partial charge is 0.133 e. The van der Waals surface area contributed by atoms with Crippen molar-refractivity contribution in [1.82, 2.24) is 9.97 Å². The van der Waals surface area contributed by atoms with Gasteiger partial charge in [0.25, 0.3) is 0 Å². The van der Waals surface area contributed by atoms with E-state index in [0.29, 0.717) is 17.9 Å². The summed E-state index contributed by atoms with van der Waals surface area (Å²) in [7, 11) is 0. The van der Waals surface area contributed by atoms with Crippen molar-refractivity contribution in [2.24, 2.45) is 11.7 Å². The number of nitrogens with one attached hydrogen (secondary N) is 1. The van der Waals surface area contributed by atoms with Crippen LogP contribution in [0.1, 0.15) is 44.1 Å². The molecule has 1 fully saturated rings. The molecule has 2 rings (SSSR count). The highest BCUT2D eigenvalue weighted by atomic mass is 15.0. The maximum absolute atomic E-state index is 5.77. The Balaban J connectivity index is 1.95. The van der Waals surface area contributed by atoms with Gasteiger partial charge >= 0.3 is 0 Å². The molecule has 0 spiro atoms. The van der Waals surface area contributed by atoms with Gasteiger partial charge < -0.3 is 11.1 Å². The molecule has 1 heterocycles. The van der Waals surface area contributed by atoms with Crippen LogP contribution in [-0.4, -0.2) is 22.6 Å². The van der Waals surface area contributed by atoms with Crippen molar-refractivity contribution < 1.29 is 0 Å². The summed E-state index contributed by atoms with van der Waals surface area (Å²) in [5.41, 5.74) is 6.80. The third-order valence-corrected chi connectivity index (χ3v) is 3.23. The molecular formula is C13H22N4. The lowest BCUT2D eigenvalue weighted by Crippen LogP contribution is -2.39. The zero-order valence-corrected chi connectivity index (χ0v) is 10.9. The van der Waals surface area contributed by atoms with Gasteiger partial charge in [0.1, 0.15) is 11.6 Å². The van der Waals surface area contributed by atoms with E-state index in [0.717, 1.165) is 36.7 Å². The SMILES string of the molecule is Cc1cc(NCC2CC(N)C2)nc(C(C)C)n1. The van der Waals surface area contributed by atoms with Crippen LogP contribution in [0.25, 0.3) is 0 Å². The molecule has 17 heavy (non-hydrogen) atoms. The number of anilines is 1. The van der Waals surface area contributed by atoms with Crippen LogP contribution in [-0.2, 0) is 0 Å². The predicted octanol–water partition coefficient (Wildman–Crippen LogP) is 2.06. The first-order valence-electron chi connectivity index (χ1n) is 6.39. The fourth-order valence-electron chi connectivity index (χ4n) is 2.14. The zero-order chi connectivity index (χ0) is 12.4. The highest BCUT2D eigenvalue weighted by Gasteiger charge is 2.25. The minimum Gasteiger partial charge on any atom is -0.370 e. The van der Waals surface area contributed by atoms with E-state index in [4.69, 9.17) is 5.73 Å². The summed E-state index contributed by atoms with van der Waals surface area (Å²) in [5, 5.41) is 3.40. The van der Waals surface area contributed by atoms with Gasteiger partial charge in [-0.15, -0.1) is 0 Å². The van der Waals surface area contributed by atoms with Gasteiger partial charge in [-0.2, -0.15) is 0 Å². The van der Waals surface area contributed by atoms with Gasteiger partial charge in [-0.05, 0) is 25.7 Å². The molecule has 0 radical (unpaired) electrons. The second-order valence-electron chi connectivity index (χ2n) is 5.39. The van der Waals surface area contributed by atoms with E-state index in [1.165, 1.54) is 0 Å². The van der Waals surface area contributed by atoms with Gasteiger partial charge in [0.2, 0.25) is 0 Å². The maximum Gasteiger partial charge on any atom is 0.133 e. The van der Waals surface area contributed by atoms with Crippen molar-refractivity contribution in [1.29, 1.82) is 0 Å². The number of nitrogens with zero attached hydrogens (tertiary/aromatic N) is 2. The van der Waals surface area contributed by atoms with E-state index in [9.17, 15) is 0 Å². The van der Waals surface area contributed by atoms with Crippen LogP contribution >= 0.6 is 0 Å². The second kappa shape index (κ2) is 5.00. The number of aromatic nitrogens is 2. The Bertz CT molecular complexity index is 383. The lowest BCUT2D eigenvalue weighted by atomic mass is 9.81. The van der Waals surface area contributed by atoms with E-state index in [1.807, 2.05) is 13.0 Å². The van der Waals surface area contributed by atoms with E-state index in [2.05, 4.69) is 29.1 Å². The van der Waals surface area contributed by atoms with E-state index in [1.54, 1.807) is 0 Å². The second-order valence-corrected chi connectivity index (χ2v) is 5.39. The van der Waals surface area contributed by atoms with Crippen LogP contribution in [0.3, 0.4) is 0 Å². The average molecular weight is 234 g/mol. The van der Waals surface area contributed by atoms with Crippen LogP contribution in [0.15, 0.2) is 6.07 Å². The Morgan fingerprint density at radius 3 is 2.71 bits per heavy atom. The number of hydrogen-bond donors (Lipinski definition) is 2. The number of aryl methyl sites for hydroxylation is 1. The third-order valence-electron chi connectivity index (χ3n) is 3.23. The first-order valence-corrected chi connectivity index (χ1v) is 6.39. The van der Waals surface area contributed by atoms with Gasteiger partial charge in [0, 0.05) is 30.3 Å². The van der Waals surface area contributed by atoms with Crippen molar-refractivity contribution in [2.45, 2.75) is 45.6 Å². The molecular weight excluding hydrogens is 212 g/mol. The largest absolute Gasteiger partial charge is 0.370 e. The summed E-state index contributed by atoms with van der Waals surface area (Å²) in [6.45, 7) is 7.21. The van der Waals surface area contributed by atoms with Gasteiger partial charge in [-0.25, -0.2) is 9.97 Å². The fourth-order valence-corrected chi connectivity index (χ4v) is 2.14. The van der Waals surface area contributed by atoms with E-state index < -0.39 is 0 Å². The monoisotopic (exact) mass is 234 g/mol. The Morgan fingerprint density at radius 1 is 1.41 bits per heavy atom. The summed E-state index contributed by atoms with van der Waals surface area (Å²) >= 11 is 0. The normalized spacial score (nSPS) is 23.6. The quantitative estimate of drug-likeness (QED) is 0.837. The first kappa shape index (κ1) is 12.3. The average Bonchev–Trinajstić information content (AvgIpc) is 2.22. The van der Waals surface area contributed by atoms with Gasteiger partial charge in [-0.1, -0.05) is 13.8 Å². The van der Waals surface area contributed by atoms with Crippen LogP contribution in [0.2, 0.25) is 0 Å². The summed E-state index contributed by atoms with van der Waals surface area (Å²) in [5.74, 6) is 2.94. The lowest BCUT2D eigenvalue weighted by Gasteiger charge is -2.32. The molecule has 0 aliphatic heterocycles. The third kappa shape index (κ3) is 3.16. The predicted molar refractivity (Wildman–Crippen MR) is 70.0 cm³/mol. The minimum absolute atomic E-state index is 0.368. The molecule has 0 atom stereocenters. The Morgan fingerprint density at radius 2 is 2.12 bits per heavy atom.